The van der Waals surface area contributed by atoms with Crippen molar-refractivity contribution in [3.05, 3.63) is 48.2 Å². The molecule has 1 aromatic rings. The summed E-state index contributed by atoms with van der Waals surface area (Å²) in [5.74, 6) is -0.350. The molecule has 0 saturated carbocycles. The first kappa shape index (κ1) is 24.6. The van der Waals surface area contributed by atoms with Gasteiger partial charge in [-0.1, -0.05) is 71.9 Å². The molecule has 5 nitrogen and oxygen atoms in total. The van der Waals surface area contributed by atoms with E-state index in [1.807, 2.05) is 36.4 Å². The Kier molecular flexibility index (Phi) is 9.13. The molecule has 2 rings (SSSR count). The maximum atomic E-state index is 11.8. The lowest BCUT2D eigenvalue weighted by molar-refractivity contribution is -0.169. The first-order valence-electron chi connectivity index (χ1n) is 11.0. The van der Waals surface area contributed by atoms with Crippen LogP contribution in [-0.4, -0.2) is 39.2 Å². The molecule has 3 atom stereocenters. The molecule has 0 radical (unpaired) electrons. The summed E-state index contributed by atoms with van der Waals surface area (Å²) in [5, 5.41) is 0. The quantitative estimate of drug-likeness (QED) is 0.354. The second-order valence-electron chi connectivity index (χ2n) is 8.97. The lowest BCUT2D eigenvalue weighted by Crippen LogP contribution is -2.52. The van der Waals surface area contributed by atoms with E-state index in [1.54, 1.807) is 6.26 Å². The Bertz CT molecular complexity index is 664. The standard InChI is InChI=1S/C24H38O5Si/c1-17(2)30(18(3)4,19(5)6)28-16-23-24(29-20(7)25)22(13-14-26-23)27-15-21-11-9-8-10-12-21/h8-14,17-19,22-24H,15-16H2,1-7H3/t22-,23-,24+/m1/s1. The van der Waals surface area contributed by atoms with Crippen LogP contribution in [0.1, 0.15) is 54.0 Å². The van der Waals surface area contributed by atoms with Crippen LogP contribution in [0.4, 0.5) is 0 Å². The number of benzene rings is 1. The van der Waals surface area contributed by atoms with E-state index in [0.717, 1.165) is 5.56 Å². The van der Waals surface area contributed by atoms with Crippen molar-refractivity contribution in [3.63, 3.8) is 0 Å². The van der Waals surface area contributed by atoms with Crippen LogP contribution in [0.5, 0.6) is 0 Å². The van der Waals surface area contributed by atoms with Crippen LogP contribution in [0.2, 0.25) is 16.6 Å². The monoisotopic (exact) mass is 434 g/mol. The van der Waals surface area contributed by atoms with E-state index in [0.29, 0.717) is 29.8 Å². The van der Waals surface area contributed by atoms with Gasteiger partial charge in [0.1, 0.15) is 6.10 Å². The van der Waals surface area contributed by atoms with Crippen molar-refractivity contribution in [3.8, 4) is 0 Å². The number of carbonyl (C=O) groups excluding carboxylic acids is 1. The predicted octanol–water partition coefficient (Wildman–Crippen LogP) is 5.61. The molecule has 1 aliphatic heterocycles. The van der Waals surface area contributed by atoms with Gasteiger partial charge in [-0.3, -0.25) is 4.79 Å². The fourth-order valence-electron chi connectivity index (χ4n) is 4.73. The zero-order chi connectivity index (χ0) is 22.3. The summed E-state index contributed by atoms with van der Waals surface area (Å²) in [6, 6.07) is 9.96. The summed E-state index contributed by atoms with van der Waals surface area (Å²) in [7, 11) is -2.06. The lowest BCUT2D eigenvalue weighted by atomic mass is 10.1. The molecule has 0 unspecified atom stereocenters. The molecule has 0 N–H and O–H groups in total. The van der Waals surface area contributed by atoms with Gasteiger partial charge < -0.3 is 18.6 Å². The van der Waals surface area contributed by atoms with E-state index in [2.05, 4.69) is 41.5 Å². The van der Waals surface area contributed by atoms with Gasteiger partial charge in [-0.15, -0.1) is 0 Å². The molecule has 1 aromatic carbocycles. The Morgan fingerprint density at radius 3 is 2.17 bits per heavy atom. The van der Waals surface area contributed by atoms with Crippen LogP contribution < -0.4 is 0 Å². The van der Waals surface area contributed by atoms with E-state index in [4.69, 9.17) is 18.6 Å². The topological polar surface area (TPSA) is 54.0 Å². The number of hydrogen-bond donors (Lipinski definition) is 0. The van der Waals surface area contributed by atoms with Gasteiger partial charge in [0.2, 0.25) is 8.32 Å². The summed E-state index contributed by atoms with van der Waals surface area (Å²) in [5.41, 5.74) is 2.47. The number of ether oxygens (including phenoxy) is 3. The minimum Gasteiger partial charge on any atom is -0.492 e. The van der Waals surface area contributed by atoms with Gasteiger partial charge in [0.05, 0.1) is 19.5 Å². The van der Waals surface area contributed by atoms with Crippen molar-refractivity contribution in [2.45, 2.75) is 90.0 Å². The molecular weight excluding hydrogens is 396 g/mol. The number of hydrogen-bond acceptors (Lipinski definition) is 5. The van der Waals surface area contributed by atoms with Crippen molar-refractivity contribution in [1.29, 1.82) is 0 Å². The molecule has 0 spiro atoms. The van der Waals surface area contributed by atoms with E-state index in [9.17, 15) is 4.79 Å². The van der Waals surface area contributed by atoms with Gasteiger partial charge in [-0.2, -0.15) is 0 Å². The van der Waals surface area contributed by atoms with Crippen molar-refractivity contribution in [1.82, 2.24) is 0 Å². The number of rotatable bonds is 10. The second kappa shape index (κ2) is 11.1. The van der Waals surface area contributed by atoms with Gasteiger partial charge in [0.25, 0.3) is 0 Å². The van der Waals surface area contributed by atoms with Crippen molar-refractivity contribution in [2.24, 2.45) is 0 Å². The largest absolute Gasteiger partial charge is 0.492 e. The van der Waals surface area contributed by atoms with E-state index < -0.39 is 20.5 Å². The summed E-state index contributed by atoms with van der Waals surface area (Å²) >= 11 is 0. The Hall–Kier alpha value is -1.63. The Balaban J connectivity index is 2.15. The highest BCUT2D eigenvalue weighted by Crippen LogP contribution is 2.42. The second-order valence-corrected chi connectivity index (χ2v) is 14.4. The maximum absolute atomic E-state index is 11.8. The van der Waals surface area contributed by atoms with Crippen LogP contribution >= 0.6 is 0 Å². The molecule has 1 aliphatic rings. The fraction of sp³-hybridized carbons (Fsp3) is 0.625. The molecule has 0 amide bonds. The normalized spacial score (nSPS) is 21.9. The van der Waals surface area contributed by atoms with Crippen LogP contribution in [0.25, 0.3) is 0 Å². The predicted molar refractivity (Wildman–Crippen MR) is 122 cm³/mol. The van der Waals surface area contributed by atoms with E-state index in [-0.39, 0.29) is 12.1 Å². The van der Waals surface area contributed by atoms with Crippen LogP contribution in [-0.2, 0) is 30.0 Å². The van der Waals surface area contributed by atoms with Gasteiger partial charge in [0.15, 0.2) is 12.2 Å². The summed E-state index contributed by atoms with van der Waals surface area (Å²) in [4.78, 5) is 11.8. The van der Waals surface area contributed by atoms with Crippen molar-refractivity contribution >= 4 is 14.3 Å². The molecule has 168 valence electrons. The van der Waals surface area contributed by atoms with Gasteiger partial charge in [0, 0.05) is 6.92 Å². The van der Waals surface area contributed by atoms with Gasteiger partial charge in [-0.05, 0) is 28.3 Å². The molecule has 30 heavy (non-hydrogen) atoms. The number of carbonyl (C=O) groups is 1. The summed E-state index contributed by atoms with van der Waals surface area (Å²) in [6.45, 7) is 15.8. The molecular formula is C24H38O5Si. The van der Waals surface area contributed by atoms with Crippen LogP contribution in [0, 0.1) is 0 Å². The molecule has 0 saturated heterocycles. The summed E-state index contributed by atoms with van der Waals surface area (Å²) in [6.07, 6.45) is 2.12. The summed E-state index contributed by atoms with van der Waals surface area (Å²) < 4.78 is 24.3. The zero-order valence-corrected chi connectivity index (χ0v) is 20.5. The highest BCUT2D eigenvalue weighted by Gasteiger charge is 2.47. The Morgan fingerprint density at radius 2 is 1.63 bits per heavy atom. The third-order valence-electron chi connectivity index (χ3n) is 6.00. The molecule has 1 heterocycles. The molecule has 0 aromatic heterocycles. The van der Waals surface area contributed by atoms with Gasteiger partial charge in [-0.25, -0.2) is 0 Å². The van der Waals surface area contributed by atoms with Gasteiger partial charge >= 0.3 is 5.97 Å². The SMILES string of the molecule is CC(=O)O[C@H]1[C@H](OCc2ccccc2)C=CO[C@@H]1CO[Si](C(C)C)(C(C)C)C(C)C. The molecule has 0 aliphatic carbocycles. The molecule has 0 bridgehead atoms. The van der Waals surface area contributed by atoms with E-state index in [1.165, 1.54) is 6.92 Å². The Morgan fingerprint density at radius 1 is 1.03 bits per heavy atom. The highest BCUT2D eigenvalue weighted by molar-refractivity contribution is 6.77. The number of esters is 1. The smallest absolute Gasteiger partial charge is 0.303 e. The molecule has 0 fully saturated rings. The van der Waals surface area contributed by atoms with E-state index >= 15 is 0 Å². The maximum Gasteiger partial charge on any atom is 0.303 e. The zero-order valence-electron chi connectivity index (χ0n) is 19.5. The lowest BCUT2D eigenvalue weighted by Gasteiger charge is -2.44. The first-order chi connectivity index (χ1) is 14.2. The van der Waals surface area contributed by atoms with Crippen LogP contribution in [0.15, 0.2) is 42.7 Å². The fourth-order valence-corrected chi connectivity index (χ4v) is 10.2. The average Bonchev–Trinajstić information content (AvgIpc) is 2.68. The van der Waals surface area contributed by atoms with Crippen molar-refractivity contribution < 1.29 is 23.4 Å². The third-order valence-corrected chi connectivity index (χ3v) is 12.1. The third kappa shape index (κ3) is 5.96. The first-order valence-corrected chi connectivity index (χ1v) is 13.1. The van der Waals surface area contributed by atoms with Crippen LogP contribution in [0.3, 0.4) is 0 Å². The highest BCUT2D eigenvalue weighted by atomic mass is 28.4. The van der Waals surface area contributed by atoms with Crippen molar-refractivity contribution in [2.75, 3.05) is 6.61 Å². The average molecular weight is 435 g/mol. The minimum absolute atomic E-state index is 0.350. The minimum atomic E-state index is -2.06. The molecule has 6 heteroatoms. The Labute approximate surface area is 182 Å².